The summed E-state index contributed by atoms with van der Waals surface area (Å²) in [5.41, 5.74) is 0.341. The first-order valence-corrected chi connectivity index (χ1v) is 7.48. The number of aromatic nitrogens is 1. The summed E-state index contributed by atoms with van der Waals surface area (Å²) in [6.45, 7) is 4.15. The minimum atomic E-state index is -0.184. The minimum Gasteiger partial charge on any atom is -0.396 e. The van der Waals surface area contributed by atoms with Gasteiger partial charge < -0.3 is 14.9 Å². The normalized spacial score (nSPS) is 32.0. The molecule has 4 unspecified atom stereocenters. The van der Waals surface area contributed by atoms with Gasteiger partial charge in [0.05, 0.1) is 0 Å². The Morgan fingerprint density at radius 1 is 1.50 bits per heavy atom. The molecule has 0 radical (unpaired) electrons. The number of nitrogens with zero attached hydrogens (tertiary/aromatic N) is 1. The molecule has 0 spiro atoms. The van der Waals surface area contributed by atoms with E-state index < -0.39 is 0 Å². The van der Waals surface area contributed by atoms with Crippen LogP contribution in [0.1, 0.15) is 55.3 Å². The number of hydrogen-bond donors (Lipinski definition) is 2. The number of nitrogens with one attached hydrogen (secondary N) is 1. The quantitative estimate of drug-likeness (QED) is 0.882. The lowest BCUT2D eigenvalue weighted by atomic mass is 9.85. The second-order valence-corrected chi connectivity index (χ2v) is 6.45. The van der Waals surface area contributed by atoms with Gasteiger partial charge in [0, 0.05) is 30.6 Å². The largest absolute Gasteiger partial charge is 0.396 e. The molecule has 1 heterocycles. The average Bonchev–Trinajstić information content (AvgIpc) is 3.13. The molecule has 0 aliphatic heterocycles. The van der Waals surface area contributed by atoms with Crippen LogP contribution in [0.25, 0.3) is 0 Å². The average molecular weight is 278 g/mol. The van der Waals surface area contributed by atoms with Gasteiger partial charge >= 0.3 is 0 Å². The van der Waals surface area contributed by atoms with Gasteiger partial charge in [0.15, 0.2) is 5.69 Å². The highest BCUT2D eigenvalue weighted by atomic mass is 16.5. The van der Waals surface area contributed by atoms with Crippen LogP contribution in [-0.4, -0.2) is 28.8 Å². The molecule has 5 heteroatoms. The molecule has 2 saturated carbocycles. The van der Waals surface area contributed by atoms with Crippen LogP contribution in [0.4, 0.5) is 0 Å². The van der Waals surface area contributed by atoms with Crippen molar-refractivity contribution >= 4 is 5.91 Å². The Hall–Kier alpha value is -1.36. The molecule has 5 nitrogen and oxygen atoms in total. The van der Waals surface area contributed by atoms with Crippen LogP contribution in [0, 0.1) is 17.8 Å². The lowest BCUT2D eigenvalue weighted by Crippen LogP contribution is -2.45. The Balaban J connectivity index is 1.69. The third kappa shape index (κ3) is 2.24. The van der Waals surface area contributed by atoms with Gasteiger partial charge in [0.2, 0.25) is 0 Å². The van der Waals surface area contributed by atoms with Gasteiger partial charge in [-0.15, -0.1) is 0 Å². The first-order chi connectivity index (χ1) is 9.60. The number of carbonyl (C=O) groups excluding carboxylic acids is 1. The fraction of sp³-hybridized carbons (Fsp3) is 0.733. The van der Waals surface area contributed by atoms with Crippen LogP contribution in [0.2, 0.25) is 0 Å². The van der Waals surface area contributed by atoms with Gasteiger partial charge in [-0.1, -0.05) is 19.0 Å². The maximum absolute atomic E-state index is 12.3. The van der Waals surface area contributed by atoms with Gasteiger partial charge in [0.1, 0.15) is 5.76 Å². The molecular weight excluding hydrogens is 256 g/mol. The molecule has 1 amide bonds. The summed E-state index contributed by atoms with van der Waals surface area (Å²) in [5.74, 6) is 2.04. The zero-order chi connectivity index (χ0) is 14.3. The number of amides is 1. The van der Waals surface area contributed by atoms with E-state index in [1.54, 1.807) is 6.07 Å². The van der Waals surface area contributed by atoms with Crippen LogP contribution >= 0.6 is 0 Å². The van der Waals surface area contributed by atoms with E-state index in [9.17, 15) is 9.90 Å². The number of aliphatic hydroxyl groups is 1. The molecule has 2 aliphatic carbocycles. The molecule has 2 bridgehead atoms. The Kier molecular flexibility index (Phi) is 3.54. The van der Waals surface area contributed by atoms with Crippen LogP contribution < -0.4 is 5.32 Å². The second-order valence-electron chi connectivity index (χ2n) is 6.45. The van der Waals surface area contributed by atoms with E-state index in [-0.39, 0.29) is 30.4 Å². The monoisotopic (exact) mass is 278 g/mol. The van der Waals surface area contributed by atoms with Crippen molar-refractivity contribution in [3.05, 3.63) is 17.5 Å². The van der Waals surface area contributed by atoms with E-state index in [0.717, 1.165) is 18.6 Å². The number of hydrogen-bond acceptors (Lipinski definition) is 4. The Bertz CT molecular complexity index is 497. The van der Waals surface area contributed by atoms with Crippen molar-refractivity contribution in [2.24, 2.45) is 17.8 Å². The predicted molar refractivity (Wildman–Crippen MR) is 73.3 cm³/mol. The summed E-state index contributed by atoms with van der Waals surface area (Å²) in [4.78, 5) is 12.3. The highest BCUT2D eigenvalue weighted by molar-refractivity contribution is 5.92. The number of rotatable bonds is 4. The zero-order valence-electron chi connectivity index (χ0n) is 12.0. The molecule has 20 heavy (non-hydrogen) atoms. The standard InChI is InChI=1S/C15H22N2O3/c1-8(2)13-6-12(17-20-13)15(19)16-14-10-4-3-9(5-10)11(14)7-18/h6,8-11,14,18H,3-5,7H2,1-2H3,(H,16,19). The molecular formula is C15H22N2O3. The van der Waals surface area contributed by atoms with Gasteiger partial charge in [0.25, 0.3) is 5.91 Å². The first kappa shape index (κ1) is 13.6. The van der Waals surface area contributed by atoms with Crippen molar-refractivity contribution in [2.75, 3.05) is 6.61 Å². The maximum Gasteiger partial charge on any atom is 0.273 e. The first-order valence-electron chi connectivity index (χ1n) is 7.48. The van der Waals surface area contributed by atoms with Gasteiger partial charge in [-0.05, 0) is 31.1 Å². The fourth-order valence-electron chi connectivity index (χ4n) is 3.79. The highest BCUT2D eigenvalue weighted by Crippen LogP contribution is 2.48. The Morgan fingerprint density at radius 2 is 2.25 bits per heavy atom. The van der Waals surface area contributed by atoms with E-state index in [1.807, 2.05) is 13.8 Å². The van der Waals surface area contributed by atoms with Gasteiger partial charge in [-0.2, -0.15) is 0 Å². The molecule has 0 saturated heterocycles. The summed E-state index contributed by atoms with van der Waals surface area (Å²) >= 11 is 0. The van der Waals surface area contributed by atoms with E-state index in [2.05, 4.69) is 10.5 Å². The maximum atomic E-state index is 12.3. The van der Waals surface area contributed by atoms with Gasteiger partial charge in [-0.25, -0.2) is 0 Å². The number of fused-ring (bicyclic) bond motifs is 2. The summed E-state index contributed by atoms with van der Waals surface area (Å²) in [6.07, 6.45) is 3.47. The third-order valence-electron chi connectivity index (χ3n) is 4.93. The molecule has 4 atom stereocenters. The van der Waals surface area contributed by atoms with Crippen molar-refractivity contribution in [1.82, 2.24) is 10.5 Å². The highest BCUT2D eigenvalue weighted by Gasteiger charge is 2.47. The van der Waals surface area contributed by atoms with Crippen molar-refractivity contribution in [2.45, 2.75) is 45.1 Å². The van der Waals surface area contributed by atoms with Crippen molar-refractivity contribution in [1.29, 1.82) is 0 Å². The molecule has 2 N–H and O–H groups in total. The summed E-state index contributed by atoms with van der Waals surface area (Å²) in [7, 11) is 0. The van der Waals surface area contributed by atoms with E-state index >= 15 is 0 Å². The summed E-state index contributed by atoms with van der Waals surface area (Å²) < 4.78 is 5.17. The predicted octanol–water partition coefficient (Wildman–Crippen LogP) is 1.93. The van der Waals surface area contributed by atoms with E-state index in [1.165, 1.54) is 6.42 Å². The van der Waals surface area contributed by atoms with Crippen molar-refractivity contribution in [3.8, 4) is 0 Å². The molecule has 0 aromatic carbocycles. The molecule has 2 aliphatic rings. The van der Waals surface area contributed by atoms with Gasteiger partial charge in [-0.3, -0.25) is 4.79 Å². The lowest BCUT2D eigenvalue weighted by Gasteiger charge is -2.30. The van der Waals surface area contributed by atoms with E-state index in [0.29, 0.717) is 17.5 Å². The smallest absolute Gasteiger partial charge is 0.273 e. The number of aliphatic hydroxyl groups excluding tert-OH is 1. The Morgan fingerprint density at radius 3 is 2.90 bits per heavy atom. The summed E-state index contributed by atoms with van der Waals surface area (Å²) in [6, 6.07) is 1.80. The number of carbonyl (C=O) groups is 1. The van der Waals surface area contributed by atoms with E-state index in [4.69, 9.17) is 4.52 Å². The minimum absolute atomic E-state index is 0.0884. The zero-order valence-corrected chi connectivity index (χ0v) is 12.0. The summed E-state index contributed by atoms with van der Waals surface area (Å²) in [5, 5.41) is 16.4. The molecule has 1 aromatic rings. The van der Waals surface area contributed by atoms with Crippen LogP contribution in [0.3, 0.4) is 0 Å². The SMILES string of the molecule is CC(C)c1cc(C(=O)NC2C3CCC(C3)C2CO)no1. The van der Waals surface area contributed by atoms with Crippen molar-refractivity contribution in [3.63, 3.8) is 0 Å². The molecule has 1 aromatic heterocycles. The lowest BCUT2D eigenvalue weighted by molar-refractivity contribution is 0.0852. The van der Waals surface area contributed by atoms with Crippen LogP contribution in [-0.2, 0) is 0 Å². The molecule has 110 valence electrons. The third-order valence-corrected chi connectivity index (χ3v) is 4.93. The second kappa shape index (κ2) is 5.20. The topological polar surface area (TPSA) is 75.4 Å². The van der Waals surface area contributed by atoms with Crippen molar-refractivity contribution < 1.29 is 14.4 Å². The Labute approximate surface area is 118 Å². The van der Waals surface area contributed by atoms with Crippen LogP contribution in [0.15, 0.2) is 10.6 Å². The molecule has 3 rings (SSSR count). The fourth-order valence-corrected chi connectivity index (χ4v) is 3.79. The molecule has 2 fully saturated rings. The van der Waals surface area contributed by atoms with Crippen LogP contribution in [0.5, 0.6) is 0 Å².